The van der Waals surface area contributed by atoms with E-state index in [2.05, 4.69) is 15.1 Å². The number of Topliss-reactive ketones (excluding diaryl/α,β-unsaturated/α-hetero) is 1. The Bertz CT molecular complexity index is 474. The van der Waals surface area contributed by atoms with Gasteiger partial charge >= 0.3 is 0 Å². The van der Waals surface area contributed by atoms with Crippen LogP contribution in [0.4, 0.5) is 5.82 Å². The molecule has 2 heterocycles. The maximum Gasteiger partial charge on any atom is 0.182 e. The maximum absolute atomic E-state index is 11.5. The van der Waals surface area contributed by atoms with Crippen LogP contribution in [-0.4, -0.2) is 40.8 Å². The van der Waals surface area contributed by atoms with E-state index in [1.165, 1.54) is 0 Å². The summed E-state index contributed by atoms with van der Waals surface area (Å²) in [5.74, 6) is 2.74. The molecule has 1 N–H and O–H groups in total. The summed E-state index contributed by atoms with van der Waals surface area (Å²) in [4.78, 5) is 13.8. The highest BCUT2D eigenvalue weighted by Crippen LogP contribution is 2.42. The van der Waals surface area contributed by atoms with Crippen molar-refractivity contribution in [3.63, 3.8) is 0 Å². The minimum Gasteiger partial charge on any atom is -0.396 e. The largest absolute Gasteiger partial charge is 0.396 e. The Labute approximate surface area is 119 Å². The lowest BCUT2D eigenvalue weighted by Gasteiger charge is -2.19. The molecular weight excluding hydrogens is 254 g/mol. The summed E-state index contributed by atoms with van der Waals surface area (Å²) in [6.07, 6.45) is 2.71. The smallest absolute Gasteiger partial charge is 0.182 e. The fourth-order valence-corrected chi connectivity index (χ4v) is 3.59. The van der Waals surface area contributed by atoms with Gasteiger partial charge in [0.2, 0.25) is 0 Å². The molecule has 0 spiro atoms. The van der Waals surface area contributed by atoms with Crippen molar-refractivity contribution in [1.82, 2.24) is 10.2 Å². The molecule has 0 radical (unpaired) electrons. The molecule has 20 heavy (non-hydrogen) atoms. The number of carbonyl (C=O) groups is 1. The highest BCUT2D eigenvalue weighted by Gasteiger charge is 2.40. The molecule has 108 valence electrons. The highest BCUT2D eigenvalue weighted by atomic mass is 16.3. The van der Waals surface area contributed by atoms with Gasteiger partial charge in [0.05, 0.1) is 0 Å². The van der Waals surface area contributed by atoms with Crippen molar-refractivity contribution in [2.24, 2.45) is 17.8 Å². The number of aliphatic hydroxyl groups is 1. The lowest BCUT2D eigenvalue weighted by Crippen LogP contribution is -2.23. The quantitative estimate of drug-likeness (QED) is 0.844. The number of fused-ring (bicyclic) bond motifs is 1. The van der Waals surface area contributed by atoms with Gasteiger partial charge in [-0.05, 0) is 42.7 Å². The molecule has 2 fully saturated rings. The van der Waals surface area contributed by atoms with Crippen LogP contribution >= 0.6 is 0 Å². The standard InChI is InChI=1S/C15H21N3O2/c1-2-14(20)13-3-4-15(17-16-13)18-7-11-5-10(9-19)6-12(11)8-18/h3-4,10-12,19H,2,5-9H2,1H3. The average molecular weight is 275 g/mol. The predicted octanol–water partition coefficient (Wildman–Crippen LogP) is 1.52. The van der Waals surface area contributed by atoms with Gasteiger partial charge in [0, 0.05) is 26.1 Å². The third-order valence-corrected chi connectivity index (χ3v) is 4.69. The van der Waals surface area contributed by atoms with E-state index in [9.17, 15) is 9.90 Å². The summed E-state index contributed by atoms with van der Waals surface area (Å²) in [6, 6.07) is 3.68. The molecule has 1 aromatic rings. The molecule has 0 aromatic carbocycles. The van der Waals surface area contributed by atoms with E-state index in [0.29, 0.717) is 36.5 Å². The molecule has 1 aromatic heterocycles. The Kier molecular flexibility index (Phi) is 3.70. The number of aromatic nitrogens is 2. The van der Waals surface area contributed by atoms with Gasteiger partial charge in [0.25, 0.3) is 0 Å². The Hall–Kier alpha value is -1.49. The van der Waals surface area contributed by atoms with Gasteiger partial charge in [-0.1, -0.05) is 6.92 Å². The first-order chi connectivity index (χ1) is 9.71. The van der Waals surface area contributed by atoms with Gasteiger partial charge in [-0.2, -0.15) is 0 Å². The molecule has 1 saturated carbocycles. The van der Waals surface area contributed by atoms with E-state index >= 15 is 0 Å². The molecule has 2 unspecified atom stereocenters. The number of rotatable bonds is 4. The third kappa shape index (κ3) is 2.42. The average Bonchev–Trinajstić information content (AvgIpc) is 3.04. The summed E-state index contributed by atoms with van der Waals surface area (Å²) in [5.41, 5.74) is 0.455. The van der Waals surface area contributed by atoms with Crippen LogP contribution in [0.3, 0.4) is 0 Å². The number of aliphatic hydroxyl groups excluding tert-OH is 1. The SMILES string of the molecule is CCC(=O)c1ccc(N2CC3CC(CO)CC3C2)nn1. The van der Waals surface area contributed by atoms with Crippen LogP contribution in [0.15, 0.2) is 12.1 Å². The number of nitrogens with zero attached hydrogens (tertiary/aromatic N) is 3. The summed E-state index contributed by atoms with van der Waals surface area (Å²) in [6.45, 7) is 4.14. The molecule has 5 heteroatoms. The van der Waals surface area contributed by atoms with E-state index in [4.69, 9.17) is 0 Å². The lowest BCUT2D eigenvalue weighted by atomic mass is 10.0. The van der Waals surface area contributed by atoms with E-state index in [-0.39, 0.29) is 5.78 Å². The summed E-state index contributed by atoms with van der Waals surface area (Å²) >= 11 is 0. The molecule has 0 bridgehead atoms. The number of ketones is 1. The van der Waals surface area contributed by atoms with Crippen LogP contribution in [0.1, 0.15) is 36.7 Å². The zero-order valence-corrected chi connectivity index (χ0v) is 11.8. The molecule has 2 aliphatic rings. The van der Waals surface area contributed by atoms with Crippen LogP contribution in [0.25, 0.3) is 0 Å². The van der Waals surface area contributed by atoms with Crippen molar-refractivity contribution in [3.8, 4) is 0 Å². The number of anilines is 1. The van der Waals surface area contributed by atoms with Gasteiger partial charge in [-0.3, -0.25) is 4.79 Å². The van der Waals surface area contributed by atoms with Gasteiger partial charge < -0.3 is 10.0 Å². The maximum atomic E-state index is 11.5. The topological polar surface area (TPSA) is 66.3 Å². The van der Waals surface area contributed by atoms with E-state index in [1.54, 1.807) is 6.07 Å². The van der Waals surface area contributed by atoms with Crippen LogP contribution in [0, 0.1) is 17.8 Å². The molecule has 5 nitrogen and oxygen atoms in total. The normalized spacial score (nSPS) is 28.7. The van der Waals surface area contributed by atoms with Crippen molar-refractivity contribution >= 4 is 11.6 Å². The summed E-state index contributed by atoms with van der Waals surface area (Å²) in [7, 11) is 0. The fourth-order valence-electron chi connectivity index (χ4n) is 3.59. The second-order valence-corrected chi connectivity index (χ2v) is 6.00. The minimum absolute atomic E-state index is 0.0353. The molecule has 1 saturated heterocycles. The molecule has 3 rings (SSSR count). The van der Waals surface area contributed by atoms with Crippen molar-refractivity contribution in [2.45, 2.75) is 26.2 Å². The monoisotopic (exact) mass is 275 g/mol. The van der Waals surface area contributed by atoms with Crippen molar-refractivity contribution in [2.75, 3.05) is 24.6 Å². The van der Waals surface area contributed by atoms with Gasteiger partial charge in [0.1, 0.15) is 5.69 Å². The predicted molar refractivity (Wildman–Crippen MR) is 75.7 cm³/mol. The van der Waals surface area contributed by atoms with Crippen LogP contribution in [-0.2, 0) is 0 Å². The third-order valence-electron chi connectivity index (χ3n) is 4.69. The van der Waals surface area contributed by atoms with Crippen LogP contribution < -0.4 is 4.90 Å². The lowest BCUT2D eigenvalue weighted by molar-refractivity contribution is 0.0982. The van der Waals surface area contributed by atoms with E-state index in [1.807, 2.05) is 13.0 Å². The van der Waals surface area contributed by atoms with Crippen molar-refractivity contribution in [3.05, 3.63) is 17.8 Å². The molecule has 2 atom stereocenters. The van der Waals surface area contributed by atoms with Crippen molar-refractivity contribution < 1.29 is 9.90 Å². The molecule has 1 aliphatic carbocycles. The number of hydrogen-bond donors (Lipinski definition) is 1. The zero-order chi connectivity index (χ0) is 14.1. The first kappa shape index (κ1) is 13.5. The second-order valence-electron chi connectivity index (χ2n) is 6.00. The Morgan fingerprint density at radius 2 is 2.00 bits per heavy atom. The van der Waals surface area contributed by atoms with E-state index < -0.39 is 0 Å². The van der Waals surface area contributed by atoms with Gasteiger partial charge in [-0.25, -0.2) is 0 Å². The minimum atomic E-state index is 0.0353. The summed E-state index contributed by atoms with van der Waals surface area (Å²) < 4.78 is 0. The zero-order valence-electron chi connectivity index (χ0n) is 11.8. The first-order valence-corrected chi connectivity index (χ1v) is 7.44. The van der Waals surface area contributed by atoms with Gasteiger partial charge in [-0.15, -0.1) is 10.2 Å². The molecule has 1 aliphatic heterocycles. The number of hydrogen-bond acceptors (Lipinski definition) is 5. The van der Waals surface area contributed by atoms with Crippen molar-refractivity contribution in [1.29, 1.82) is 0 Å². The number of carbonyl (C=O) groups excluding carboxylic acids is 1. The van der Waals surface area contributed by atoms with Gasteiger partial charge in [0.15, 0.2) is 11.6 Å². The highest BCUT2D eigenvalue weighted by molar-refractivity contribution is 5.93. The van der Waals surface area contributed by atoms with Crippen LogP contribution in [0.5, 0.6) is 0 Å². The Morgan fingerprint density at radius 3 is 2.50 bits per heavy atom. The van der Waals surface area contributed by atoms with E-state index in [0.717, 1.165) is 31.7 Å². The molecule has 0 amide bonds. The molecular formula is C15H21N3O2. The second kappa shape index (κ2) is 5.48. The van der Waals surface area contributed by atoms with Crippen LogP contribution in [0.2, 0.25) is 0 Å². The summed E-state index contributed by atoms with van der Waals surface area (Å²) in [5, 5.41) is 17.5. The Balaban J connectivity index is 1.66. The fraction of sp³-hybridized carbons (Fsp3) is 0.667. The first-order valence-electron chi connectivity index (χ1n) is 7.44. The Morgan fingerprint density at radius 1 is 1.30 bits per heavy atom.